The quantitative estimate of drug-likeness (QED) is 0.920. The van der Waals surface area contributed by atoms with Crippen LogP contribution in [0.3, 0.4) is 0 Å². The highest BCUT2D eigenvalue weighted by atomic mass is 32.1. The molecule has 1 aliphatic heterocycles. The van der Waals surface area contributed by atoms with E-state index in [-0.39, 0.29) is 5.54 Å². The lowest BCUT2D eigenvalue weighted by molar-refractivity contribution is 0.136. The molecular weight excluding hydrogens is 256 g/mol. The molecule has 1 saturated heterocycles. The maximum absolute atomic E-state index is 5.67. The summed E-state index contributed by atoms with van der Waals surface area (Å²) in [4.78, 5) is 6.34. The zero-order chi connectivity index (χ0) is 13.3. The van der Waals surface area contributed by atoms with Gasteiger partial charge in [0.15, 0.2) is 0 Å². The van der Waals surface area contributed by atoms with Crippen LogP contribution >= 0.6 is 11.3 Å². The molecule has 0 bridgehead atoms. The van der Waals surface area contributed by atoms with E-state index in [1.165, 1.54) is 34.8 Å². The van der Waals surface area contributed by atoms with E-state index >= 15 is 0 Å². The Kier molecular flexibility index (Phi) is 3.92. The van der Waals surface area contributed by atoms with Gasteiger partial charge in [0.2, 0.25) is 0 Å². The van der Waals surface area contributed by atoms with Crippen molar-refractivity contribution in [3.63, 3.8) is 0 Å². The van der Waals surface area contributed by atoms with Gasteiger partial charge in [-0.3, -0.25) is 0 Å². The van der Waals surface area contributed by atoms with Crippen LogP contribution in [0.2, 0.25) is 0 Å². The first-order valence-electron chi connectivity index (χ1n) is 7.56. The summed E-state index contributed by atoms with van der Waals surface area (Å²) >= 11 is 1.89. The molecule has 0 amide bonds. The SMILES string of the molecule is CCc1nc(C2(NC3CC3)CCCOCC2)sc1C. The number of ether oxygens (including phenoxy) is 1. The van der Waals surface area contributed by atoms with E-state index < -0.39 is 0 Å². The smallest absolute Gasteiger partial charge is 0.113 e. The Labute approximate surface area is 119 Å². The molecule has 1 aromatic heterocycles. The van der Waals surface area contributed by atoms with Gasteiger partial charge in [-0.15, -0.1) is 11.3 Å². The third-order valence-electron chi connectivity index (χ3n) is 4.26. The van der Waals surface area contributed by atoms with Crippen molar-refractivity contribution in [2.75, 3.05) is 13.2 Å². The van der Waals surface area contributed by atoms with Crippen LogP contribution in [0.4, 0.5) is 0 Å². The van der Waals surface area contributed by atoms with Crippen LogP contribution in [0.15, 0.2) is 0 Å². The maximum Gasteiger partial charge on any atom is 0.113 e. The topological polar surface area (TPSA) is 34.2 Å². The zero-order valence-electron chi connectivity index (χ0n) is 12.0. The van der Waals surface area contributed by atoms with Crippen molar-refractivity contribution in [1.29, 1.82) is 0 Å². The molecule has 3 rings (SSSR count). The van der Waals surface area contributed by atoms with E-state index in [0.717, 1.165) is 32.5 Å². The molecule has 3 nitrogen and oxygen atoms in total. The molecule has 2 heterocycles. The van der Waals surface area contributed by atoms with Crippen molar-refractivity contribution < 1.29 is 4.74 Å². The Hall–Kier alpha value is -0.450. The Bertz CT molecular complexity index is 431. The maximum atomic E-state index is 5.67. The first-order chi connectivity index (χ1) is 9.23. The number of hydrogen-bond donors (Lipinski definition) is 1. The lowest BCUT2D eigenvalue weighted by Gasteiger charge is -2.32. The molecule has 0 radical (unpaired) electrons. The van der Waals surface area contributed by atoms with E-state index in [0.29, 0.717) is 6.04 Å². The average Bonchev–Trinajstić information content (AvgIpc) is 3.17. The van der Waals surface area contributed by atoms with E-state index in [2.05, 4.69) is 19.2 Å². The second kappa shape index (κ2) is 5.51. The van der Waals surface area contributed by atoms with Crippen molar-refractivity contribution in [3.8, 4) is 0 Å². The van der Waals surface area contributed by atoms with Gasteiger partial charge in [0.1, 0.15) is 5.01 Å². The van der Waals surface area contributed by atoms with E-state index in [1.54, 1.807) is 0 Å². The van der Waals surface area contributed by atoms with Crippen LogP contribution in [-0.4, -0.2) is 24.2 Å². The van der Waals surface area contributed by atoms with Crippen molar-refractivity contribution in [3.05, 3.63) is 15.6 Å². The van der Waals surface area contributed by atoms with Gasteiger partial charge >= 0.3 is 0 Å². The zero-order valence-corrected chi connectivity index (χ0v) is 12.8. The molecule has 1 aromatic rings. The molecule has 1 atom stereocenters. The van der Waals surface area contributed by atoms with Crippen LogP contribution in [-0.2, 0) is 16.7 Å². The Morgan fingerprint density at radius 2 is 2.21 bits per heavy atom. The van der Waals surface area contributed by atoms with E-state index in [1.807, 2.05) is 11.3 Å². The Morgan fingerprint density at radius 3 is 2.89 bits per heavy atom. The predicted octanol–water partition coefficient (Wildman–Crippen LogP) is 3.16. The summed E-state index contributed by atoms with van der Waals surface area (Å²) in [5.74, 6) is 0. The molecule has 0 aromatic carbocycles. The number of rotatable bonds is 4. The fourth-order valence-electron chi connectivity index (χ4n) is 2.95. The molecule has 2 aliphatic rings. The normalized spacial score (nSPS) is 28.3. The molecular formula is C15H24N2OS. The Morgan fingerprint density at radius 1 is 1.37 bits per heavy atom. The fourth-order valence-corrected chi connectivity index (χ4v) is 4.16. The second-order valence-electron chi connectivity index (χ2n) is 5.84. The number of nitrogens with one attached hydrogen (secondary N) is 1. The highest BCUT2D eigenvalue weighted by Gasteiger charge is 2.40. The van der Waals surface area contributed by atoms with Gasteiger partial charge in [-0.05, 0) is 45.4 Å². The van der Waals surface area contributed by atoms with Crippen LogP contribution in [0.1, 0.15) is 54.6 Å². The molecule has 19 heavy (non-hydrogen) atoms. The van der Waals surface area contributed by atoms with Crippen molar-refractivity contribution in [2.24, 2.45) is 0 Å². The van der Waals surface area contributed by atoms with Crippen LogP contribution in [0, 0.1) is 6.92 Å². The third kappa shape index (κ3) is 2.86. The highest BCUT2D eigenvalue weighted by molar-refractivity contribution is 7.11. The molecule has 106 valence electrons. The molecule has 4 heteroatoms. The Balaban J connectivity index is 1.91. The molecule has 0 spiro atoms. The number of hydrogen-bond acceptors (Lipinski definition) is 4. The number of aryl methyl sites for hydroxylation is 2. The number of thiazole rings is 1. The molecule has 1 aliphatic carbocycles. The van der Waals surface area contributed by atoms with Crippen molar-refractivity contribution in [2.45, 2.75) is 64.0 Å². The van der Waals surface area contributed by atoms with Gasteiger partial charge in [-0.25, -0.2) is 4.98 Å². The van der Waals surface area contributed by atoms with Crippen LogP contribution < -0.4 is 5.32 Å². The highest BCUT2D eigenvalue weighted by Crippen LogP contribution is 2.39. The van der Waals surface area contributed by atoms with Crippen molar-refractivity contribution >= 4 is 11.3 Å². The lowest BCUT2D eigenvalue weighted by atomic mass is 9.91. The summed E-state index contributed by atoms with van der Waals surface area (Å²) in [7, 11) is 0. The van der Waals surface area contributed by atoms with Gasteiger partial charge in [0.25, 0.3) is 0 Å². The molecule has 1 saturated carbocycles. The largest absolute Gasteiger partial charge is 0.381 e. The third-order valence-corrected chi connectivity index (χ3v) is 5.48. The molecule has 2 fully saturated rings. The van der Waals surface area contributed by atoms with E-state index in [9.17, 15) is 0 Å². The monoisotopic (exact) mass is 280 g/mol. The van der Waals surface area contributed by atoms with E-state index in [4.69, 9.17) is 9.72 Å². The number of aromatic nitrogens is 1. The fraction of sp³-hybridized carbons (Fsp3) is 0.800. The van der Waals surface area contributed by atoms with Gasteiger partial charge in [0.05, 0.1) is 11.2 Å². The lowest BCUT2D eigenvalue weighted by Crippen LogP contribution is -2.44. The minimum atomic E-state index is 0.0838. The average molecular weight is 280 g/mol. The summed E-state index contributed by atoms with van der Waals surface area (Å²) < 4.78 is 5.67. The van der Waals surface area contributed by atoms with Crippen LogP contribution in [0.5, 0.6) is 0 Å². The second-order valence-corrected chi connectivity index (χ2v) is 7.05. The van der Waals surface area contributed by atoms with Crippen molar-refractivity contribution in [1.82, 2.24) is 10.3 Å². The molecule has 1 N–H and O–H groups in total. The summed E-state index contributed by atoms with van der Waals surface area (Å²) in [5.41, 5.74) is 1.36. The summed E-state index contributed by atoms with van der Waals surface area (Å²) in [6, 6.07) is 0.715. The first-order valence-corrected chi connectivity index (χ1v) is 8.37. The summed E-state index contributed by atoms with van der Waals surface area (Å²) in [6.07, 6.45) is 7.07. The first kappa shape index (κ1) is 13.5. The van der Waals surface area contributed by atoms with Gasteiger partial charge in [-0.1, -0.05) is 6.92 Å². The minimum Gasteiger partial charge on any atom is -0.381 e. The molecule has 1 unspecified atom stereocenters. The summed E-state index contributed by atoms with van der Waals surface area (Å²) in [5, 5.41) is 5.20. The predicted molar refractivity (Wildman–Crippen MR) is 78.7 cm³/mol. The minimum absolute atomic E-state index is 0.0838. The van der Waals surface area contributed by atoms with Gasteiger partial charge in [-0.2, -0.15) is 0 Å². The van der Waals surface area contributed by atoms with Gasteiger partial charge < -0.3 is 10.1 Å². The standard InChI is InChI=1S/C15H24N2OS/c1-3-13-11(2)19-14(16-13)15(17-12-5-6-12)7-4-9-18-10-8-15/h12,17H,3-10H2,1-2H3. The van der Waals surface area contributed by atoms with Gasteiger partial charge in [0, 0.05) is 24.1 Å². The summed E-state index contributed by atoms with van der Waals surface area (Å²) in [6.45, 7) is 6.17. The van der Waals surface area contributed by atoms with Crippen LogP contribution in [0.25, 0.3) is 0 Å². The number of nitrogens with zero attached hydrogens (tertiary/aromatic N) is 1.